The first-order valence-corrected chi connectivity index (χ1v) is 5.11. The molecule has 2 rings (SSSR count). The molecule has 1 N–H and O–H groups in total. The van der Waals surface area contributed by atoms with Crippen LogP contribution in [-0.4, -0.2) is 22.5 Å². The fourth-order valence-electron chi connectivity index (χ4n) is 1.11. The number of H-pyrrole nitrogens is 1. The maximum atomic E-state index is 5.06. The highest BCUT2D eigenvalue weighted by atomic mass is 32.1. The highest BCUT2D eigenvalue weighted by molar-refractivity contribution is 7.71. The third kappa shape index (κ3) is 2.50. The molecule has 0 saturated heterocycles. The van der Waals surface area contributed by atoms with E-state index in [1.807, 2.05) is 32.0 Å². The first-order valence-electron chi connectivity index (χ1n) is 4.70. The molecule has 0 amide bonds. The van der Waals surface area contributed by atoms with Gasteiger partial charge in [-0.05, 0) is 12.1 Å². The van der Waals surface area contributed by atoms with Gasteiger partial charge in [-0.2, -0.15) is 0 Å². The molecule has 2 aromatic rings. The molecule has 4 nitrogen and oxygen atoms in total. The van der Waals surface area contributed by atoms with Gasteiger partial charge in [-0.3, -0.25) is 5.10 Å². The van der Waals surface area contributed by atoms with Crippen molar-refractivity contribution in [2.24, 2.45) is 0 Å². The molecule has 0 aliphatic heterocycles. The zero-order chi connectivity index (χ0) is 11.3. The standard InChI is InChI=1S/C8H7N3OS.C2H6/c1-12-5-2-3-6-7(4-5)9-11-10-8(6)13;1-2/h2-4H,1H3,(H,9,10,13);1-2H3. The van der Waals surface area contributed by atoms with Gasteiger partial charge in [-0.15, -0.1) is 5.10 Å². The van der Waals surface area contributed by atoms with Gasteiger partial charge in [0.1, 0.15) is 5.75 Å². The van der Waals surface area contributed by atoms with Crippen molar-refractivity contribution >= 4 is 23.1 Å². The van der Waals surface area contributed by atoms with Crippen LogP contribution in [0.3, 0.4) is 0 Å². The fourth-order valence-corrected chi connectivity index (χ4v) is 1.33. The maximum absolute atomic E-state index is 5.06. The number of benzene rings is 1. The number of fused-ring (bicyclic) bond motifs is 1. The second-order valence-corrected chi connectivity index (χ2v) is 2.92. The lowest BCUT2D eigenvalue weighted by molar-refractivity contribution is 0.415. The Labute approximate surface area is 93.3 Å². The topological polar surface area (TPSA) is 50.8 Å². The van der Waals surface area contributed by atoms with Crippen LogP contribution in [0.5, 0.6) is 5.75 Å². The third-order valence-corrected chi connectivity index (χ3v) is 2.07. The second kappa shape index (κ2) is 5.41. The lowest BCUT2D eigenvalue weighted by atomic mass is 10.2. The Morgan fingerprint density at radius 2 is 2.07 bits per heavy atom. The summed E-state index contributed by atoms with van der Waals surface area (Å²) in [6.45, 7) is 4.00. The van der Waals surface area contributed by atoms with Crippen LogP contribution in [-0.2, 0) is 0 Å². The molecule has 0 saturated carbocycles. The smallest absolute Gasteiger partial charge is 0.159 e. The van der Waals surface area contributed by atoms with E-state index < -0.39 is 0 Å². The van der Waals surface area contributed by atoms with Gasteiger partial charge in [0.05, 0.1) is 12.6 Å². The van der Waals surface area contributed by atoms with Crippen LogP contribution in [0, 0.1) is 4.64 Å². The average molecular weight is 223 g/mol. The summed E-state index contributed by atoms with van der Waals surface area (Å²) in [6, 6.07) is 5.54. The quantitative estimate of drug-likeness (QED) is 0.755. The molecule has 15 heavy (non-hydrogen) atoms. The number of hydrogen-bond donors (Lipinski definition) is 1. The number of rotatable bonds is 1. The van der Waals surface area contributed by atoms with E-state index in [-0.39, 0.29) is 0 Å². The van der Waals surface area contributed by atoms with Crippen molar-refractivity contribution in [2.45, 2.75) is 13.8 Å². The van der Waals surface area contributed by atoms with E-state index in [2.05, 4.69) is 15.4 Å². The number of nitrogens with zero attached hydrogens (tertiary/aromatic N) is 2. The molecule has 5 heteroatoms. The maximum Gasteiger partial charge on any atom is 0.159 e. The molecule has 0 aliphatic carbocycles. The van der Waals surface area contributed by atoms with Gasteiger partial charge < -0.3 is 4.74 Å². The van der Waals surface area contributed by atoms with E-state index in [9.17, 15) is 0 Å². The van der Waals surface area contributed by atoms with Crippen LogP contribution in [0.25, 0.3) is 10.9 Å². The zero-order valence-corrected chi connectivity index (χ0v) is 9.76. The van der Waals surface area contributed by atoms with E-state index >= 15 is 0 Å². The van der Waals surface area contributed by atoms with Gasteiger partial charge in [0.15, 0.2) is 4.64 Å². The molecule has 0 bridgehead atoms. The Morgan fingerprint density at radius 1 is 1.33 bits per heavy atom. The number of aromatic amines is 1. The van der Waals surface area contributed by atoms with Crippen molar-refractivity contribution in [2.75, 3.05) is 7.11 Å². The molecular weight excluding hydrogens is 210 g/mol. The summed E-state index contributed by atoms with van der Waals surface area (Å²) in [6.07, 6.45) is 0. The monoisotopic (exact) mass is 223 g/mol. The van der Waals surface area contributed by atoms with E-state index in [0.29, 0.717) is 4.64 Å². The van der Waals surface area contributed by atoms with E-state index in [4.69, 9.17) is 17.0 Å². The summed E-state index contributed by atoms with van der Waals surface area (Å²) < 4.78 is 5.56. The summed E-state index contributed by atoms with van der Waals surface area (Å²) in [5.74, 6) is 0.770. The summed E-state index contributed by atoms with van der Waals surface area (Å²) in [5.41, 5.74) is 0.833. The molecule has 1 aromatic carbocycles. The highest BCUT2D eigenvalue weighted by Gasteiger charge is 1.98. The lowest BCUT2D eigenvalue weighted by Crippen LogP contribution is -1.90. The Hall–Kier alpha value is -1.49. The summed E-state index contributed by atoms with van der Waals surface area (Å²) in [5, 5.41) is 11.0. The molecule has 0 unspecified atom stereocenters. The number of ether oxygens (including phenoxy) is 1. The van der Waals surface area contributed by atoms with Crippen LogP contribution in [0.15, 0.2) is 18.2 Å². The third-order valence-electron chi connectivity index (χ3n) is 1.77. The first kappa shape index (κ1) is 11.6. The van der Waals surface area contributed by atoms with Gasteiger partial charge in [0.25, 0.3) is 0 Å². The summed E-state index contributed by atoms with van der Waals surface area (Å²) in [7, 11) is 1.62. The average Bonchev–Trinajstić information content (AvgIpc) is 2.31. The Balaban J connectivity index is 0.000000531. The predicted molar refractivity (Wildman–Crippen MR) is 62.6 cm³/mol. The molecule has 0 radical (unpaired) electrons. The molecule has 1 aromatic heterocycles. The molecule has 0 fully saturated rings. The van der Waals surface area contributed by atoms with Crippen molar-refractivity contribution in [1.29, 1.82) is 0 Å². The van der Waals surface area contributed by atoms with E-state index in [0.717, 1.165) is 16.7 Å². The zero-order valence-electron chi connectivity index (χ0n) is 8.94. The van der Waals surface area contributed by atoms with Crippen LogP contribution in [0.2, 0.25) is 0 Å². The van der Waals surface area contributed by atoms with Crippen molar-refractivity contribution in [3.63, 3.8) is 0 Å². The largest absolute Gasteiger partial charge is 0.497 e. The molecule has 80 valence electrons. The van der Waals surface area contributed by atoms with E-state index in [1.54, 1.807) is 7.11 Å². The van der Waals surface area contributed by atoms with Crippen LogP contribution in [0.1, 0.15) is 13.8 Å². The minimum absolute atomic E-state index is 0.497. The molecule has 0 atom stereocenters. The summed E-state index contributed by atoms with van der Waals surface area (Å²) in [4.78, 5) is 0. The number of methoxy groups -OCH3 is 1. The number of hydrogen-bond acceptors (Lipinski definition) is 4. The molecule has 1 heterocycles. The molecule has 0 spiro atoms. The first-order chi connectivity index (χ1) is 7.31. The molecular formula is C10H13N3OS. The van der Waals surface area contributed by atoms with Crippen molar-refractivity contribution < 1.29 is 4.74 Å². The fraction of sp³-hybridized carbons (Fsp3) is 0.300. The minimum atomic E-state index is 0.497. The van der Waals surface area contributed by atoms with Gasteiger partial charge in [-0.1, -0.05) is 31.3 Å². The van der Waals surface area contributed by atoms with E-state index in [1.165, 1.54) is 0 Å². The van der Waals surface area contributed by atoms with Gasteiger partial charge in [0.2, 0.25) is 0 Å². The summed E-state index contributed by atoms with van der Waals surface area (Å²) >= 11 is 5.00. The number of aromatic nitrogens is 3. The van der Waals surface area contributed by atoms with Crippen LogP contribution in [0.4, 0.5) is 0 Å². The van der Waals surface area contributed by atoms with Crippen LogP contribution < -0.4 is 4.74 Å². The van der Waals surface area contributed by atoms with Gasteiger partial charge in [0, 0.05) is 11.5 Å². The van der Waals surface area contributed by atoms with Gasteiger partial charge in [-0.25, -0.2) is 0 Å². The van der Waals surface area contributed by atoms with Crippen molar-refractivity contribution in [1.82, 2.24) is 15.4 Å². The Bertz CT molecular complexity index is 495. The molecule has 0 aliphatic rings. The minimum Gasteiger partial charge on any atom is -0.497 e. The number of nitrogens with one attached hydrogen (secondary N) is 1. The van der Waals surface area contributed by atoms with Crippen molar-refractivity contribution in [3.8, 4) is 5.75 Å². The lowest BCUT2D eigenvalue weighted by Gasteiger charge is -2.00. The second-order valence-electron chi connectivity index (χ2n) is 2.53. The highest BCUT2D eigenvalue weighted by Crippen LogP contribution is 2.17. The SMILES string of the molecule is CC.COc1ccc2c(=S)nn[nH]c2c1. The van der Waals surface area contributed by atoms with Crippen LogP contribution >= 0.6 is 12.2 Å². The van der Waals surface area contributed by atoms with Gasteiger partial charge >= 0.3 is 0 Å². The predicted octanol–water partition coefficient (Wildman–Crippen LogP) is 2.72. The Morgan fingerprint density at radius 3 is 2.73 bits per heavy atom. The van der Waals surface area contributed by atoms with Crippen molar-refractivity contribution in [3.05, 3.63) is 22.8 Å². The Kier molecular flexibility index (Phi) is 4.17. The normalized spacial score (nSPS) is 9.27.